The van der Waals surface area contributed by atoms with Crippen molar-refractivity contribution in [2.45, 2.75) is 6.54 Å². The fourth-order valence-electron chi connectivity index (χ4n) is 2.33. The minimum atomic E-state index is -0.492. The Morgan fingerprint density at radius 1 is 1.14 bits per heavy atom. The van der Waals surface area contributed by atoms with Crippen LogP contribution in [0.15, 0.2) is 42.6 Å². The number of pyridine rings is 1. The molecule has 0 unspecified atom stereocenters. The van der Waals surface area contributed by atoms with Gasteiger partial charge in [-0.15, -0.1) is 0 Å². The topological polar surface area (TPSA) is 122 Å². The van der Waals surface area contributed by atoms with Crippen molar-refractivity contribution in [2.24, 2.45) is 0 Å². The Bertz CT molecular complexity index is 1010. The van der Waals surface area contributed by atoms with Gasteiger partial charge < -0.3 is 19.5 Å². The van der Waals surface area contributed by atoms with Gasteiger partial charge in [0.2, 0.25) is 17.6 Å². The molecule has 0 atom stereocenters. The van der Waals surface area contributed by atoms with Gasteiger partial charge in [0.1, 0.15) is 0 Å². The van der Waals surface area contributed by atoms with Crippen LogP contribution in [0.2, 0.25) is 5.02 Å². The number of non-ortho nitro benzene ring substituents is 1. The number of halogens is 1. The number of nitro groups is 1. The van der Waals surface area contributed by atoms with Crippen LogP contribution in [0.5, 0.6) is 23.7 Å². The first kappa shape index (κ1) is 20.1. The maximum Gasteiger partial charge on any atom is 0.330 e. The minimum absolute atomic E-state index is 0.00506. The van der Waals surface area contributed by atoms with E-state index in [1.165, 1.54) is 38.5 Å². The fraction of sp³-hybridized carbons (Fsp3) is 0.167. The lowest BCUT2D eigenvalue weighted by atomic mass is 10.2. The summed E-state index contributed by atoms with van der Waals surface area (Å²) >= 11 is 6.12. The average molecular weight is 418 g/mol. The second-order valence-corrected chi connectivity index (χ2v) is 5.99. The molecule has 0 amide bonds. The molecule has 0 saturated heterocycles. The molecule has 3 aromatic rings. The summed E-state index contributed by atoms with van der Waals surface area (Å²) in [6.07, 6.45) is 1.55. The molecule has 150 valence electrons. The molecule has 0 radical (unpaired) electrons. The van der Waals surface area contributed by atoms with Crippen LogP contribution in [0.1, 0.15) is 5.56 Å². The lowest BCUT2D eigenvalue weighted by Gasteiger charge is -2.12. The smallest absolute Gasteiger partial charge is 0.330 e. The highest BCUT2D eigenvalue weighted by Crippen LogP contribution is 2.29. The summed E-state index contributed by atoms with van der Waals surface area (Å²) in [5.74, 6) is 0.786. The quantitative estimate of drug-likeness (QED) is 0.430. The maximum absolute atomic E-state index is 11.0. The van der Waals surface area contributed by atoms with Crippen LogP contribution >= 0.6 is 11.6 Å². The zero-order valence-electron chi connectivity index (χ0n) is 15.5. The molecule has 2 heterocycles. The highest BCUT2D eigenvalue weighted by atomic mass is 35.5. The second-order valence-electron chi connectivity index (χ2n) is 5.58. The number of nitro benzene ring substituents is 1. The van der Waals surface area contributed by atoms with Crippen molar-refractivity contribution in [3.63, 3.8) is 0 Å². The number of nitrogens with zero attached hydrogens (tertiary/aromatic N) is 4. The normalized spacial score (nSPS) is 10.3. The Labute approximate surface area is 170 Å². The monoisotopic (exact) mass is 417 g/mol. The van der Waals surface area contributed by atoms with Gasteiger partial charge >= 0.3 is 6.01 Å². The number of nitrogens with one attached hydrogen (secondary N) is 1. The molecular formula is C18H16ClN5O5. The van der Waals surface area contributed by atoms with Crippen molar-refractivity contribution in [2.75, 3.05) is 19.5 Å². The van der Waals surface area contributed by atoms with Crippen LogP contribution in [-0.4, -0.2) is 34.1 Å². The summed E-state index contributed by atoms with van der Waals surface area (Å²) in [5.41, 5.74) is 0.992. The van der Waals surface area contributed by atoms with E-state index in [1.807, 2.05) is 0 Å². The molecule has 29 heavy (non-hydrogen) atoms. The van der Waals surface area contributed by atoms with Crippen LogP contribution in [0.4, 0.5) is 11.4 Å². The molecule has 0 spiro atoms. The highest BCUT2D eigenvalue weighted by molar-refractivity contribution is 6.33. The highest BCUT2D eigenvalue weighted by Gasteiger charge is 2.13. The van der Waals surface area contributed by atoms with Gasteiger partial charge in [-0.05, 0) is 12.1 Å². The molecule has 0 aliphatic carbocycles. The van der Waals surface area contributed by atoms with Gasteiger partial charge in [-0.1, -0.05) is 17.7 Å². The molecule has 0 aliphatic rings. The molecule has 2 aromatic heterocycles. The van der Waals surface area contributed by atoms with Crippen molar-refractivity contribution in [1.29, 1.82) is 0 Å². The zero-order chi connectivity index (χ0) is 20.8. The van der Waals surface area contributed by atoms with Gasteiger partial charge in [0.25, 0.3) is 5.69 Å². The largest absolute Gasteiger partial charge is 0.481 e. The maximum atomic E-state index is 11.0. The molecule has 1 aromatic carbocycles. The second kappa shape index (κ2) is 9.02. The Morgan fingerprint density at radius 2 is 1.86 bits per heavy atom. The number of hydrogen-bond acceptors (Lipinski definition) is 9. The van der Waals surface area contributed by atoms with E-state index in [2.05, 4.69) is 20.3 Å². The van der Waals surface area contributed by atoms with E-state index in [4.69, 9.17) is 25.8 Å². The number of hydrogen-bond donors (Lipinski definition) is 1. The molecule has 0 bridgehead atoms. The van der Waals surface area contributed by atoms with Gasteiger partial charge in [0.05, 0.1) is 35.9 Å². The summed E-state index contributed by atoms with van der Waals surface area (Å²) in [4.78, 5) is 22.9. The van der Waals surface area contributed by atoms with E-state index in [0.29, 0.717) is 16.3 Å². The third-order valence-electron chi connectivity index (χ3n) is 3.74. The Kier molecular flexibility index (Phi) is 6.25. The summed E-state index contributed by atoms with van der Waals surface area (Å²) in [6.45, 7) is 0.241. The van der Waals surface area contributed by atoms with Crippen LogP contribution in [0, 0.1) is 10.1 Å². The lowest BCUT2D eigenvalue weighted by Crippen LogP contribution is -2.05. The van der Waals surface area contributed by atoms with E-state index in [0.717, 1.165) is 0 Å². The first-order valence-electron chi connectivity index (χ1n) is 8.26. The minimum Gasteiger partial charge on any atom is -0.481 e. The Hall–Kier alpha value is -3.66. The predicted molar refractivity (Wildman–Crippen MR) is 105 cm³/mol. The predicted octanol–water partition coefficient (Wildman–Crippen LogP) is 3.85. The Morgan fingerprint density at radius 3 is 2.52 bits per heavy atom. The standard InChI is InChI=1S/C18H16ClN5O5/c1-27-15-9-16(28-2)23-18(22-15)29-17-11(4-3-7-20-17)10-21-14-8-12(24(25)26)5-6-13(14)19/h3-9,21H,10H2,1-2H3. The van der Waals surface area contributed by atoms with E-state index in [-0.39, 0.29) is 35.9 Å². The molecule has 1 N–H and O–H groups in total. The van der Waals surface area contributed by atoms with Gasteiger partial charge in [0.15, 0.2) is 0 Å². The summed E-state index contributed by atoms with van der Waals surface area (Å²) < 4.78 is 15.9. The van der Waals surface area contributed by atoms with Crippen LogP contribution in [-0.2, 0) is 6.54 Å². The van der Waals surface area contributed by atoms with Crippen molar-refractivity contribution in [3.8, 4) is 23.7 Å². The summed E-state index contributed by atoms with van der Waals surface area (Å²) in [6, 6.07) is 9.16. The zero-order valence-corrected chi connectivity index (χ0v) is 16.2. The van der Waals surface area contributed by atoms with Gasteiger partial charge in [0, 0.05) is 30.4 Å². The fourth-order valence-corrected chi connectivity index (χ4v) is 2.51. The van der Waals surface area contributed by atoms with Crippen LogP contribution in [0.3, 0.4) is 0 Å². The lowest BCUT2D eigenvalue weighted by molar-refractivity contribution is -0.384. The van der Waals surface area contributed by atoms with Crippen LogP contribution in [0.25, 0.3) is 0 Å². The molecule has 3 rings (SSSR count). The average Bonchev–Trinajstić information content (AvgIpc) is 2.73. The summed E-state index contributed by atoms with van der Waals surface area (Å²) in [5, 5.41) is 14.4. The summed E-state index contributed by atoms with van der Waals surface area (Å²) in [7, 11) is 2.93. The number of benzene rings is 1. The molecule has 11 heteroatoms. The Balaban J connectivity index is 1.82. The first-order chi connectivity index (χ1) is 14.0. The van der Waals surface area contributed by atoms with E-state index < -0.39 is 4.92 Å². The van der Waals surface area contributed by atoms with Crippen LogP contribution < -0.4 is 19.5 Å². The van der Waals surface area contributed by atoms with Gasteiger partial charge in [-0.25, -0.2) is 4.98 Å². The number of aromatic nitrogens is 3. The molecular weight excluding hydrogens is 402 g/mol. The molecule has 0 fully saturated rings. The molecule has 0 saturated carbocycles. The number of methoxy groups -OCH3 is 2. The van der Waals surface area contributed by atoms with E-state index in [9.17, 15) is 10.1 Å². The van der Waals surface area contributed by atoms with Gasteiger partial charge in [-0.3, -0.25) is 10.1 Å². The van der Waals surface area contributed by atoms with Crippen molar-refractivity contribution < 1.29 is 19.1 Å². The van der Waals surface area contributed by atoms with E-state index >= 15 is 0 Å². The first-order valence-corrected chi connectivity index (χ1v) is 8.64. The number of rotatable bonds is 8. The number of anilines is 1. The SMILES string of the molecule is COc1cc(OC)nc(Oc2ncccc2CNc2cc([N+](=O)[O-])ccc2Cl)n1. The number of ether oxygens (including phenoxy) is 3. The third-order valence-corrected chi connectivity index (χ3v) is 4.07. The molecule has 0 aliphatic heterocycles. The van der Waals surface area contributed by atoms with E-state index in [1.54, 1.807) is 18.3 Å². The third kappa shape index (κ3) is 4.99. The molecule has 10 nitrogen and oxygen atoms in total. The van der Waals surface area contributed by atoms with Gasteiger partial charge in [-0.2, -0.15) is 9.97 Å². The van der Waals surface area contributed by atoms with Crippen molar-refractivity contribution >= 4 is 23.0 Å². The van der Waals surface area contributed by atoms with Crippen molar-refractivity contribution in [1.82, 2.24) is 15.0 Å². The van der Waals surface area contributed by atoms with Crippen molar-refractivity contribution in [3.05, 3.63) is 63.3 Å².